The van der Waals surface area contributed by atoms with Crippen molar-refractivity contribution < 1.29 is 23.9 Å². The number of carbonyl (C=O) groups is 4. The number of hydrogen-bond acceptors (Lipinski definition) is 6. The quantitative estimate of drug-likeness (QED) is 0.262. The molecular weight excluding hydrogens is 384 g/mol. The highest BCUT2D eigenvalue weighted by molar-refractivity contribution is 7.99. The third-order valence-corrected chi connectivity index (χ3v) is 4.83. The van der Waals surface area contributed by atoms with Crippen LogP contribution in [0.2, 0.25) is 0 Å². The Bertz CT molecular complexity index is 518. The van der Waals surface area contributed by atoms with Crippen molar-refractivity contribution in [3.63, 3.8) is 0 Å². The van der Waals surface area contributed by atoms with Crippen molar-refractivity contribution in [1.82, 2.24) is 21.3 Å². The molecule has 0 aromatic carbocycles. The van der Waals surface area contributed by atoms with Crippen molar-refractivity contribution >= 4 is 35.6 Å². The average Bonchev–Trinajstić information content (AvgIpc) is 2.66. The van der Waals surface area contributed by atoms with Crippen LogP contribution >= 0.6 is 11.8 Å². The first kappa shape index (κ1) is 26.0. The summed E-state index contributed by atoms with van der Waals surface area (Å²) in [5.41, 5.74) is 0. The van der Waals surface area contributed by atoms with Gasteiger partial charge in [-0.2, -0.15) is 0 Å². The van der Waals surface area contributed by atoms with Gasteiger partial charge in [0.2, 0.25) is 17.7 Å². The molecule has 0 aromatic rings. The summed E-state index contributed by atoms with van der Waals surface area (Å²) < 4.78 is 4.41. The standard InChI is InChI=1S/C18H34N4O5S/c1-6-7-8-9-10-28-11-19-15(23)12(2)20-16(24)13(3)21-17(25)14(4)22-18(26)27-5/h12-14H,6-11H2,1-5H3,(H,19,23)(H,20,24)(H,21,25)(H,22,26). The summed E-state index contributed by atoms with van der Waals surface area (Å²) in [5, 5.41) is 10.1. The van der Waals surface area contributed by atoms with E-state index in [0.29, 0.717) is 5.88 Å². The van der Waals surface area contributed by atoms with Gasteiger partial charge in [0, 0.05) is 0 Å². The Morgan fingerprint density at radius 3 is 1.89 bits per heavy atom. The van der Waals surface area contributed by atoms with E-state index in [2.05, 4.69) is 32.9 Å². The van der Waals surface area contributed by atoms with Gasteiger partial charge in [-0.15, -0.1) is 11.8 Å². The first-order valence-corrected chi connectivity index (χ1v) is 10.7. The van der Waals surface area contributed by atoms with Crippen LogP contribution in [0.25, 0.3) is 0 Å². The molecule has 0 saturated carbocycles. The number of hydrogen-bond donors (Lipinski definition) is 4. The van der Waals surface area contributed by atoms with E-state index in [4.69, 9.17) is 0 Å². The molecule has 0 radical (unpaired) electrons. The first-order valence-electron chi connectivity index (χ1n) is 9.53. The normalized spacial score (nSPS) is 13.6. The van der Waals surface area contributed by atoms with Gasteiger partial charge in [0.15, 0.2) is 0 Å². The molecular formula is C18H34N4O5S. The van der Waals surface area contributed by atoms with Crippen molar-refractivity contribution in [2.75, 3.05) is 18.7 Å². The number of ether oxygens (including phenoxy) is 1. The monoisotopic (exact) mass is 418 g/mol. The molecule has 162 valence electrons. The number of methoxy groups -OCH3 is 1. The molecule has 4 N–H and O–H groups in total. The Kier molecular flexibility index (Phi) is 14.0. The van der Waals surface area contributed by atoms with Crippen LogP contribution in [-0.4, -0.2) is 60.7 Å². The summed E-state index contributed by atoms with van der Waals surface area (Å²) in [6.07, 6.45) is 4.00. The van der Waals surface area contributed by atoms with E-state index in [9.17, 15) is 19.2 Å². The summed E-state index contributed by atoms with van der Waals surface area (Å²) in [6.45, 7) is 6.70. The molecule has 9 nitrogen and oxygen atoms in total. The third kappa shape index (κ3) is 11.7. The maximum atomic E-state index is 12.1. The zero-order chi connectivity index (χ0) is 21.5. The van der Waals surface area contributed by atoms with Crippen molar-refractivity contribution in [3.8, 4) is 0 Å². The molecule has 3 atom stereocenters. The number of amides is 4. The number of nitrogens with one attached hydrogen (secondary N) is 4. The Hall–Kier alpha value is -1.97. The van der Waals surface area contributed by atoms with Gasteiger partial charge in [-0.3, -0.25) is 14.4 Å². The molecule has 10 heteroatoms. The maximum Gasteiger partial charge on any atom is 0.407 e. The average molecular weight is 419 g/mol. The lowest BCUT2D eigenvalue weighted by atomic mass is 10.2. The molecule has 0 rings (SSSR count). The van der Waals surface area contributed by atoms with Gasteiger partial charge in [0.05, 0.1) is 13.0 Å². The second kappa shape index (κ2) is 15.0. The second-order valence-electron chi connectivity index (χ2n) is 6.47. The topological polar surface area (TPSA) is 126 Å². The molecule has 0 spiro atoms. The van der Waals surface area contributed by atoms with Crippen LogP contribution in [-0.2, 0) is 19.1 Å². The highest BCUT2D eigenvalue weighted by Crippen LogP contribution is 2.06. The number of alkyl carbamates (subject to hydrolysis) is 1. The van der Waals surface area contributed by atoms with Crippen LogP contribution in [0.15, 0.2) is 0 Å². The minimum Gasteiger partial charge on any atom is -0.453 e. The lowest BCUT2D eigenvalue weighted by molar-refractivity contribution is -0.131. The van der Waals surface area contributed by atoms with Crippen LogP contribution in [0.5, 0.6) is 0 Å². The van der Waals surface area contributed by atoms with E-state index in [1.165, 1.54) is 40.2 Å². The Morgan fingerprint density at radius 2 is 1.36 bits per heavy atom. The minimum absolute atomic E-state index is 0.284. The highest BCUT2D eigenvalue weighted by atomic mass is 32.2. The van der Waals surface area contributed by atoms with Gasteiger partial charge in [-0.25, -0.2) is 4.79 Å². The molecule has 0 saturated heterocycles. The number of thioether (sulfide) groups is 1. The summed E-state index contributed by atoms with van der Waals surface area (Å²) in [7, 11) is 1.19. The van der Waals surface area contributed by atoms with E-state index < -0.39 is 36.0 Å². The zero-order valence-electron chi connectivity index (χ0n) is 17.4. The van der Waals surface area contributed by atoms with Gasteiger partial charge in [0.25, 0.3) is 0 Å². The van der Waals surface area contributed by atoms with Crippen LogP contribution in [0.3, 0.4) is 0 Å². The van der Waals surface area contributed by atoms with E-state index in [1.54, 1.807) is 18.7 Å². The summed E-state index contributed by atoms with van der Waals surface area (Å²) in [5.74, 6) is 0.169. The molecule has 0 bridgehead atoms. The van der Waals surface area contributed by atoms with Crippen molar-refractivity contribution in [3.05, 3.63) is 0 Å². The second-order valence-corrected chi connectivity index (χ2v) is 7.58. The molecule has 0 aliphatic heterocycles. The van der Waals surface area contributed by atoms with E-state index in [1.807, 2.05) is 0 Å². The molecule has 0 fully saturated rings. The summed E-state index contributed by atoms with van der Waals surface area (Å²) >= 11 is 1.65. The lowest BCUT2D eigenvalue weighted by Gasteiger charge is -2.20. The molecule has 0 heterocycles. The number of unbranched alkanes of at least 4 members (excludes halogenated alkanes) is 3. The smallest absolute Gasteiger partial charge is 0.407 e. The number of rotatable bonds is 13. The van der Waals surface area contributed by atoms with Crippen LogP contribution < -0.4 is 21.3 Å². The van der Waals surface area contributed by atoms with Crippen LogP contribution in [0, 0.1) is 0 Å². The molecule has 28 heavy (non-hydrogen) atoms. The van der Waals surface area contributed by atoms with Gasteiger partial charge in [0.1, 0.15) is 18.1 Å². The SMILES string of the molecule is CCCCCCSCNC(=O)C(C)NC(=O)C(C)NC(=O)C(C)NC(=O)OC. The Morgan fingerprint density at radius 1 is 0.821 bits per heavy atom. The number of carbonyl (C=O) groups excluding carboxylic acids is 4. The molecule has 0 aromatic heterocycles. The van der Waals surface area contributed by atoms with Gasteiger partial charge in [-0.1, -0.05) is 26.2 Å². The summed E-state index contributed by atoms with van der Waals surface area (Å²) in [6, 6.07) is -2.45. The van der Waals surface area contributed by atoms with Gasteiger partial charge >= 0.3 is 6.09 Å². The zero-order valence-corrected chi connectivity index (χ0v) is 18.2. The van der Waals surface area contributed by atoms with Crippen molar-refractivity contribution in [2.45, 2.75) is 71.5 Å². The minimum atomic E-state index is -0.863. The van der Waals surface area contributed by atoms with E-state index in [0.717, 1.165) is 12.2 Å². The van der Waals surface area contributed by atoms with E-state index in [-0.39, 0.29) is 5.91 Å². The highest BCUT2D eigenvalue weighted by Gasteiger charge is 2.23. The Balaban J connectivity index is 4.14. The molecule has 3 unspecified atom stereocenters. The van der Waals surface area contributed by atoms with Crippen LogP contribution in [0.4, 0.5) is 4.79 Å². The van der Waals surface area contributed by atoms with E-state index >= 15 is 0 Å². The fraction of sp³-hybridized carbons (Fsp3) is 0.778. The van der Waals surface area contributed by atoms with Crippen LogP contribution in [0.1, 0.15) is 53.4 Å². The fourth-order valence-corrected chi connectivity index (χ4v) is 2.88. The molecule has 0 aliphatic rings. The van der Waals surface area contributed by atoms with Crippen molar-refractivity contribution in [1.29, 1.82) is 0 Å². The fourth-order valence-electron chi connectivity index (χ4n) is 2.09. The maximum absolute atomic E-state index is 12.1. The summed E-state index contributed by atoms with van der Waals surface area (Å²) in [4.78, 5) is 47.2. The van der Waals surface area contributed by atoms with Crippen molar-refractivity contribution in [2.24, 2.45) is 0 Å². The third-order valence-electron chi connectivity index (χ3n) is 3.91. The van der Waals surface area contributed by atoms with Gasteiger partial charge in [-0.05, 0) is 32.9 Å². The predicted molar refractivity (Wildman–Crippen MR) is 110 cm³/mol. The molecule has 4 amide bonds. The predicted octanol–water partition coefficient (Wildman–Crippen LogP) is 1.13. The lowest BCUT2D eigenvalue weighted by Crippen LogP contribution is -2.54. The largest absolute Gasteiger partial charge is 0.453 e. The first-order chi connectivity index (χ1) is 13.2. The molecule has 0 aliphatic carbocycles. The van der Waals surface area contributed by atoms with Gasteiger partial charge < -0.3 is 26.0 Å². The Labute approximate surface area is 171 Å².